The van der Waals surface area contributed by atoms with Gasteiger partial charge in [-0.2, -0.15) is 0 Å². The number of esters is 1. The molecule has 15 heteroatoms. The Labute approximate surface area is 380 Å². The minimum atomic E-state index is -1.20. The number of aliphatic imine (C=N–C) groups is 1. The average molecular weight is 896 g/mol. The summed E-state index contributed by atoms with van der Waals surface area (Å²) in [4.78, 5) is 68.8. The van der Waals surface area contributed by atoms with E-state index >= 15 is 0 Å². The van der Waals surface area contributed by atoms with Crippen LogP contribution in [0.4, 0.5) is 0 Å². The van der Waals surface area contributed by atoms with Crippen molar-refractivity contribution < 1.29 is 33.4 Å². The Kier molecular flexibility index (Phi) is 13.4. The predicted molar refractivity (Wildman–Crippen MR) is 248 cm³/mol. The molecule has 0 unspecified atom stereocenters. The summed E-state index contributed by atoms with van der Waals surface area (Å²) in [5.41, 5.74) is 8.88. The van der Waals surface area contributed by atoms with E-state index in [1.54, 1.807) is 13.3 Å². The Morgan fingerprint density at radius 2 is 1.92 bits per heavy atom. The summed E-state index contributed by atoms with van der Waals surface area (Å²) in [6.07, 6.45) is 6.25. The topological polar surface area (TPSA) is 157 Å². The van der Waals surface area contributed by atoms with Gasteiger partial charge in [-0.05, 0) is 95.2 Å². The zero-order valence-electron chi connectivity index (χ0n) is 38.6. The molecule has 6 aliphatic rings. The van der Waals surface area contributed by atoms with Crippen LogP contribution < -0.4 is 10.7 Å². The van der Waals surface area contributed by atoms with Crippen LogP contribution in [-0.2, 0) is 46.4 Å². The zero-order valence-corrected chi connectivity index (χ0v) is 39.5. The van der Waals surface area contributed by atoms with E-state index < -0.39 is 47.3 Å². The minimum absolute atomic E-state index is 0.0314. The highest BCUT2D eigenvalue weighted by Crippen LogP contribution is 2.50. The fourth-order valence-corrected chi connectivity index (χ4v) is 11.5. The molecule has 5 fully saturated rings. The number of amides is 3. The molecule has 64 heavy (non-hydrogen) atoms. The fourth-order valence-electron chi connectivity index (χ4n) is 10.6. The molecule has 7 atom stereocenters. The maximum atomic E-state index is 14.8. The maximum Gasteiger partial charge on any atom is 0.324 e. The van der Waals surface area contributed by atoms with Crippen LogP contribution in [0.1, 0.15) is 96.5 Å². The van der Waals surface area contributed by atoms with Crippen LogP contribution in [0, 0.1) is 35.0 Å². The van der Waals surface area contributed by atoms with Crippen molar-refractivity contribution in [2.45, 2.75) is 111 Å². The number of thiazole rings is 1. The third-order valence-electron chi connectivity index (χ3n) is 14.1. The van der Waals surface area contributed by atoms with Gasteiger partial charge in [0, 0.05) is 78.9 Å². The standard InChI is InChI=1S/C49H65N7O7S/c1-10-32(40(50-11-2)28(6)61-9)42-34-22-49(7,8)26-63-48(60)35-15-14-18-56(53-35)47(59)41(52-44(57)38-27(5)39(38)46(58)54-23-29-19-30(20-29)24-54)43(62-13-4)45-51-36(25-64-45)31-16-17-37(33(34)21-31)55(42)12-3/h10-11,16-17,21,25,27-30,35,38-39,41,43,53H,1,12-15,18-20,22-24,26H2,2-9H3,(H,52,57)/b40-32+,50-11-/t27-,28+,29?,30?,35+,38-,39-,41+,43+/m1/s1. The molecule has 6 heterocycles. The highest BCUT2D eigenvalue weighted by Gasteiger charge is 2.59. The number of nitrogens with zero attached hydrogens (tertiary/aromatic N) is 5. The van der Waals surface area contributed by atoms with Crippen molar-refractivity contribution in [1.82, 2.24) is 30.2 Å². The molecular weight excluding hydrogens is 831 g/mol. The smallest absolute Gasteiger partial charge is 0.324 e. The number of fused-ring (bicyclic) bond motifs is 8. The highest BCUT2D eigenvalue weighted by molar-refractivity contribution is 7.10. The SMILES string of the molecule is C=C/C(=C(\N=C/C)[C@H](C)OC)c1c2c3cc(ccc3n1CC)-c1csc(n1)[C@@H](OCC)[C@H](NC(=O)[C@@H]1[C@@H](C)[C@H]1C(=O)N1CC3CC(C3)C1)C(=O)N1CCC[C@H](N1)C(=O)OCC(C)(C)C2. The van der Waals surface area contributed by atoms with Gasteiger partial charge in [-0.25, -0.2) is 10.4 Å². The van der Waals surface area contributed by atoms with Gasteiger partial charge < -0.3 is 29.0 Å². The van der Waals surface area contributed by atoms with Gasteiger partial charge in [-0.15, -0.1) is 11.3 Å². The van der Waals surface area contributed by atoms with Crippen LogP contribution >= 0.6 is 11.3 Å². The Bertz CT molecular complexity index is 2350. The monoisotopic (exact) mass is 895 g/mol. The third kappa shape index (κ3) is 8.72. The molecule has 3 amide bonds. The van der Waals surface area contributed by atoms with Crippen LogP contribution in [-0.4, -0.2) is 108 Å². The van der Waals surface area contributed by atoms with Crippen LogP contribution in [0.5, 0.6) is 0 Å². The summed E-state index contributed by atoms with van der Waals surface area (Å²) in [7, 11) is 1.67. The lowest BCUT2D eigenvalue weighted by Crippen LogP contribution is -2.61. The fraction of sp³-hybridized carbons (Fsp3) is 0.592. The van der Waals surface area contributed by atoms with Crippen molar-refractivity contribution in [3.63, 3.8) is 0 Å². The molecule has 3 aromatic rings. The lowest BCUT2D eigenvalue weighted by Gasteiger charge is -2.47. The van der Waals surface area contributed by atoms with Crippen LogP contribution in [0.15, 0.2) is 46.9 Å². The number of carbonyl (C=O) groups is 4. The van der Waals surface area contributed by atoms with E-state index in [1.807, 2.05) is 44.1 Å². The van der Waals surface area contributed by atoms with E-state index in [-0.39, 0.29) is 37.0 Å². The summed E-state index contributed by atoms with van der Waals surface area (Å²) in [6, 6.07) is 4.34. The maximum absolute atomic E-state index is 14.8. The normalized spacial score (nSPS) is 28.8. The molecular formula is C49H65N7O7S. The number of nitrogens with one attached hydrogen (secondary N) is 2. The molecule has 1 aromatic carbocycles. The summed E-state index contributed by atoms with van der Waals surface area (Å²) in [5, 5.41) is 8.01. The Morgan fingerprint density at radius 1 is 1.17 bits per heavy atom. The second-order valence-corrected chi connectivity index (χ2v) is 20.0. The van der Waals surface area contributed by atoms with Gasteiger partial charge in [-0.3, -0.25) is 29.2 Å². The van der Waals surface area contributed by atoms with Crippen LogP contribution in [0.2, 0.25) is 0 Å². The van der Waals surface area contributed by atoms with Crippen molar-refractivity contribution in [2.75, 3.05) is 40.0 Å². The minimum Gasteiger partial charge on any atom is -0.464 e. The lowest BCUT2D eigenvalue weighted by atomic mass is 9.71. The van der Waals surface area contributed by atoms with Gasteiger partial charge in [0.25, 0.3) is 5.91 Å². The number of hydrogen-bond donors (Lipinski definition) is 2. The first-order valence-corrected chi connectivity index (χ1v) is 24.0. The molecule has 8 bridgehead atoms. The van der Waals surface area contributed by atoms with E-state index in [1.165, 1.54) is 29.2 Å². The number of allylic oxidation sites excluding steroid dienone is 2. The average Bonchev–Trinajstić information content (AvgIpc) is 3.57. The number of hydrogen-bond acceptors (Lipinski definition) is 11. The van der Waals surface area contributed by atoms with Crippen LogP contribution in [0.25, 0.3) is 27.7 Å². The highest BCUT2D eigenvalue weighted by atomic mass is 32.1. The first kappa shape index (κ1) is 45.9. The number of aryl methyl sites for hydroxylation is 1. The van der Waals surface area contributed by atoms with Crippen molar-refractivity contribution >= 4 is 57.7 Å². The van der Waals surface area contributed by atoms with Crippen molar-refractivity contribution in [2.24, 2.45) is 40.0 Å². The number of rotatable bonds is 11. The predicted octanol–water partition coefficient (Wildman–Crippen LogP) is 6.74. The van der Waals surface area contributed by atoms with Crippen LogP contribution in [0.3, 0.4) is 0 Å². The molecule has 344 valence electrons. The van der Waals surface area contributed by atoms with E-state index in [0.29, 0.717) is 54.9 Å². The number of piperidine rings is 2. The summed E-state index contributed by atoms with van der Waals surface area (Å²) < 4.78 is 20.6. The molecule has 14 nitrogen and oxygen atoms in total. The van der Waals surface area contributed by atoms with Crippen molar-refractivity contribution in [1.29, 1.82) is 0 Å². The van der Waals surface area contributed by atoms with Gasteiger partial charge in [0.2, 0.25) is 11.8 Å². The number of aromatic nitrogens is 2. The van der Waals surface area contributed by atoms with Gasteiger partial charge in [0.1, 0.15) is 23.2 Å². The van der Waals surface area contributed by atoms with Gasteiger partial charge in [-0.1, -0.05) is 39.5 Å². The summed E-state index contributed by atoms with van der Waals surface area (Å²) in [5.74, 6) is -1.29. The molecule has 9 rings (SSSR count). The molecule has 2 saturated carbocycles. The van der Waals surface area contributed by atoms with Gasteiger partial charge in [0.05, 0.1) is 41.6 Å². The largest absolute Gasteiger partial charge is 0.464 e. The Balaban J connectivity index is 1.21. The number of methoxy groups -OCH3 is 1. The van der Waals surface area contributed by atoms with E-state index in [4.69, 9.17) is 24.2 Å². The first-order chi connectivity index (χ1) is 30.7. The quantitative estimate of drug-likeness (QED) is 0.121. The zero-order chi connectivity index (χ0) is 45.6. The second-order valence-electron chi connectivity index (χ2n) is 19.1. The molecule has 4 aliphatic heterocycles. The molecule has 2 aromatic heterocycles. The molecule has 3 saturated heterocycles. The molecule has 0 spiro atoms. The second kappa shape index (κ2) is 18.7. The summed E-state index contributed by atoms with van der Waals surface area (Å²) >= 11 is 1.37. The number of carbonyl (C=O) groups excluding carboxylic acids is 4. The summed E-state index contributed by atoms with van der Waals surface area (Å²) in [6.45, 7) is 21.1. The third-order valence-corrected chi connectivity index (χ3v) is 15.0. The number of benzene rings is 1. The van der Waals surface area contributed by atoms with Crippen molar-refractivity contribution in [3.05, 3.63) is 58.2 Å². The first-order valence-electron chi connectivity index (χ1n) is 23.2. The Morgan fingerprint density at radius 3 is 2.59 bits per heavy atom. The van der Waals surface area contributed by atoms with E-state index in [0.717, 1.165) is 52.1 Å². The van der Waals surface area contributed by atoms with Gasteiger partial charge >= 0.3 is 5.97 Å². The van der Waals surface area contributed by atoms with Gasteiger partial charge in [0.15, 0.2) is 0 Å². The lowest BCUT2D eigenvalue weighted by molar-refractivity contribution is -0.156. The number of hydrazine groups is 1. The molecule has 2 aliphatic carbocycles. The molecule has 2 N–H and O–H groups in total. The molecule has 0 radical (unpaired) electrons. The van der Waals surface area contributed by atoms with E-state index in [9.17, 15) is 19.2 Å². The van der Waals surface area contributed by atoms with Crippen molar-refractivity contribution in [3.8, 4) is 11.3 Å². The van der Waals surface area contributed by atoms with E-state index in [2.05, 4.69) is 60.9 Å². The number of ether oxygens (including phenoxy) is 3. The Hall–Kier alpha value is -4.70. The number of cyclic esters (lactones) is 1.